The molecule has 0 saturated heterocycles. The van der Waals surface area contributed by atoms with Gasteiger partial charge in [0.25, 0.3) is 0 Å². The molecule has 0 saturated carbocycles. The van der Waals surface area contributed by atoms with Crippen molar-refractivity contribution in [3.8, 4) is 11.5 Å². The van der Waals surface area contributed by atoms with Gasteiger partial charge in [0.05, 0.1) is 0 Å². The van der Waals surface area contributed by atoms with Crippen LogP contribution in [0.1, 0.15) is 12.5 Å². The Labute approximate surface area is 111 Å². The van der Waals surface area contributed by atoms with E-state index in [2.05, 4.69) is 4.99 Å². The summed E-state index contributed by atoms with van der Waals surface area (Å²) in [4.78, 5) is 15.2. The number of hydrogen-bond donors (Lipinski definition) is 1. The molecule has 19 heavy (non-hydrogen) atoms. The Balaban J connectivity index is 2.28. The summed E-state index contributed by atoms with van der Waals surface area (Å²) in [6, 6.07) is 13.8. The molecule has 0 amide bonds. The van der Waals surface area contributed by atoms with Gasteiger partial charge in [-0.25, -0.2) is 0 Å². The number of carbonyl (C=O) groups excluding carboxylic acids is 1. The van der Waals surface area contributed by atoms with Gasteiger partial charge >= 0.3 is 5.97 Å². The predicted molar refractivity (Wildman–Crippen MR) is 73.1 cm³/mol. The molecule has 0 aliphatic heterocycles. The Morgan fingerprint density at radius 1 is 1.16 bits per heavy atom. The number of carbonyl (C=O) groups is 1. The molecule has 96 valence electrons. The Morgan fingerprint density at radius 3 is 2.58 bits per heavy atom. The maximum Gasteiger partial charge on any atom is 0.308 e. The lowest BCUT2D eigenvalue weighted by atomic mass is 10.2. The molecule has 0 atom stereocenters. The van der Waals surface area contributed by atoms with Gasteiger partial charge in [0.1, 0.15) is 17.2 Å². The lowest BCUT2D eigenvalue weighted by Gasteiger charge is -2.04. The highest BCUT2D eigenvalue weighted by Crippen LogP contribution is 2.25. The largest absolute Gasteiger partial charge is 0.506 e. The van der Waals surface area contributed by atoms with Crippen LogP contribution in [0.2, 0.25) is 0 Å². The number of phenols is 1. The van der Waals surface area contributed by atoms with Gasteiger partial charge in [-0.2, -0.15) is 0 Å². The highest BCUT2D eigenvalue weighted by molar-refractivity contribution is 5.87. The van der Waals surface area contributed by atoms with E-state index in [4.69, 9.17) is 4.74 Å². The molecule has 0 aromatic heterocycles. The van der Waals surface area contributed by atoms with Crippen LogP contribution in [0.5, 0.6) is 11.5 Å². The van der Waals surface area contributed by atoms with Gasteiger partial charge in [-0.15, -0.1) is 0 Å². The maximum atomic E-state index is 11.0. The summed E-state index contributed by atoms with van der Waals surface area (Å²) in [6.07, 6.45) is 1.55. The van der Waals surface area contributed by atoms with E-state index in [1.807, 2.05) is 6.07 Å². The molecular weight excluding hydrogens is 242 g/mol. The minimum Gasteiger partial charge on any atom is -0.506 e. The lowest BCUT2D eigenvalue weighted by molar-refractivity contribution is -0.131. The van der Waals surface area contributed by atoms with Crippen LogP contribution in [-0.4, -0.2) is 17.3 Å². The second-order valence-electron chi connectivity index (χ2n) is 3.88. The molecule has 2 rings (SSSR count). The molecule has 2 aromatic carbocycles. The molecule has 4 nitrogen and oxygen atoms in total. The third-order valence-electron chi connectivity index (χ3n) is 2.40. The van der Waals surface area contributed by atoms with Gasteiger partial charge in [-0.1, -0.05) is 24.3 Å². The van der Waals surface area contributed by atoms with Crippen LogP contribution < -0.4 is 4.74 Å². The van der Waals surface area contributed by atoms with Crippen molar-refractivity contribution in [2.24, 2.45) is 4.99 Å². The number of hydrogen-bond acceptors (Lipinski definition) is 4. The molecule has 0 aliphatic carbocycles. The zero-order valence-electron chi connectivity index (χ0n) is 10.4. The lowest BCUT2D eigenvalue weighted by Crippen LogP contribution is -2.03. The fourth-order valence-electron chi connectivity index (χ4n) is 1.55. The van der Waals surface area contributed by atoms with Crippen LogP contribution in [-0.2, 0) is 4.79 Å². The van der Waals surface area contributed by atoms with Gasteiger partial charge < -0.3 is 9.84 Å². The SMILES string of the molecule is CC(=O)Oc1ccccc1/C=N\c1ccccc1O. The van der Waals surface area contributed by atoms with E-state index < -0.39 is 0 Å². The van der Waals surface area contributed by atoms with Crippen LogP contribution in [0.25, 0.3) is 0 Å². The predicted octanol–water partition coefficient (Wildman–Crippen LogP) is 3.07. The average Bonchev–Trinajstić information content (AvgIpc) is 2.39. The average molecular weight is 255 g/mol. The number of aliphatic imine (C=N–C) groups is 1. The third kappa shape index (κ3) is 3.42. The molecule has 0 heterocycles. The number of nitrogens with zero attached hydrogens (tertiary/aromatic N) is 1. The highest BCUT2D eigenvalue weighted by Gasteiger charge is 2.03. The van der Waals surface area contributed by atoms with Crippen LogP contribution in [0.3, 0.4) is 0 Å². The number of ether oxygens (including phenoxy) is 1. The van der Waals surface area contributed by atoms with Crippen molar-refractivity contribution in [2.45, 2.75) is 6.92 Å². The van der Waals surface area contributed by atoms with E-state index in [1.54, 1.807) is 48.7 Å². The Hall–Kier alpha value is -2.62. The van der Waals surface area contributed by atoms with Crippen molar-refractivity contribution in [1.29, 1.82) is 0 Å². The van der Waals surface area contributed by atoms with E-state index in [-0.39, 0.29) is 11.7 Å². The van der Waals surface area contributed by atoms with Crippen molar-refractivity contribution in [3.05, 3.63) is 54.1 Å². The van der Waals surface area contributed by atoms with E-state index in [9.17, 15) is 9.90 Å². The Kier molecular flexibility index (Phi) is 3.93. The van der Waals surface area contributed by atoms with Gasteiger partial charge in [-0.3, -0.25) is 9.79 Å². The molecule has 2 aromatic rings. The maximum absolute atomic E-state index is 11.0. The number of phenolic OH excluding ortho intramolecular Hbond substituents is 1. The summed E-state index contributed by atoms with van der Waals surface area (Å²) >= 11 is 0. The van der Waals surface area contributed by atoms with Crippen molar-refractivity contribution >= 4 is 17.9 Å². The monoisotopic (exact) mass is 255 g/mol. The topological polar surface area (TPSA) is 58.9 Å². The normalized spacial score (nSPS) is 10.6. The van der Waals surface area contributed by atoms with E-state index in [1.165, 1.54) is 6.92 Å². The summed E-state index contributed by atoms with van der Waals surface area (Å²) in [6.45, 7) is 1.34. The van der Waals surface area contributed by atoms with Gasteiger partial charge in [-0.05, 0) is 24.3 Å². The van der Waals surface area contributed by atoms with E-state index >= 15 is 0 Å². The number of rotatable bonds is 3. The first kappa shape index (κ1) is 12.8. The molecule has 0 unspecified atom stereocenters. The minimum absolute atomic E-state index is 0.101. The van der Waals surface area contributed by atoms with Crippen molar-refractivity contribution in [2.75, 3.05) is 0 Å². The zero-order valence-corrected chi connectivity index (χ0v) is 10.4. The fourth-order valence-corrected chi connectivity index (χ4v) is 1.55. The highest BCUT2D eigenvalue weighted by atomic mass is 16.5. The molecular formula is C15H13NO3. The van der Waals surface area contributed by atoms with Crippen LogP contribution in [0, 0.1) is 0 Å². The summed E-state index contributed by atoms with van der Waals surface area (Å²) in [5, 5.41) is 9.60. The molecule has 0 fully saturated rings. The second-order valence-corrected chi connectivity index (χ2v) is 3.88. The smallest absolute Gasteiger partial charge is 0.308 e. The Morgan fingerprint density at radius 2 is 1.84 bits per heavy atom. The molecule has 0 aliphatic rings. The Bertz CT molecular complexity index is 620. The molecule has 4 heteroatoms. The van der Waals surface area contributed by atoms with Crippen molar-refractivity contribution < 1.29 is 14.6 Å². The fraction of sp³-hybridized carbons (Fsp3) is 0.0667. The third-order valence-corrected chi connectivity index (χ3v) is 2.40. The summed E-state index contributed by atoms with van der Waals surface area (Å²) in [7, 11) is 0. The van der Waals surface area contributed by atoms with E-state index in [0.29, 0.717) is 17.0 Å². The standard InChI is InChI=1S/C15H13NO3/c1-11(17)19-15-9-5-2-6-12(15)10-16-13-7-3-4-8-14(13)18/h2-10,18H,1H3/b16-10-. The van der Waals surface area contributed by atoms with Crippen molar-refractivity contribution in [1.82, 2.24) is 0 Å². The first-order valence-corrected chi connectivity index (χ1v) is 5.76. The molecule has 0 radical (unpaired) electrons. The number of para-hydroxylation sites is 3. The molecule has 0 bridgehead atoms. The quantitative estimate of drug-likeness (QED) is 0.521. The summed E-state index contributed by atoms with van der Waals surface area (Å²) in [5.41, 5.74) is 1.13. The summed E-state index contributed by atoms with van der Waals surface area (Å²) in [5.74, 6) is 0.154. The first-order chi connectivity index (χ1) is 9.16. The minimum atomic E-state index is -0.386. The van der Waals surface area contributed by atoms with Gasteiger partial charge in [0.2, 0.25) is 0 Å². The van der Waals surface area contributed by atoms with E-state index in [0.717, 1.165) is 0 Å². The molecule has 1 N–H and O–H groups in total. The van der Waals surface area contributed by atoms with Gasteiger partial charge in [0, 0.05) is 18.7 Å². The number of esters is 1. The number of aromatic hydroxyl groups is 1. The van der Waals surface area contributed by atoms with Crippen LogP contribution >= 0.6 is 0 Å². The van der Waals surface area contributed by atoms with Gasteiger partial charge in [0.15, 0.2) is 0 Å². The van der Waals surface area contributed by atoms with Crippen LogP contribution in [0.4, 0.5) is 5.69 Å². The van der Waals surface area contributed by atoms with Crippen molar-refractivity contribution in [3.63, 3.8) is 0 Å². The van der Waals surface area contributed by atoms with Crippen LogP contribution in [0.15, 0.2) is 53.5 Å². The first-order valence-electron chi connectivity index (χ1n) is 5.76. The summed E-state index contributed by atoms with van der Waals surface area (Å²) < 4.78 is 5.07. The second kappa shape index (κ2) is 5.82. The zero-order chi connectivity index (χ0) is 13.7. The number of benzene rings is 2. The molecule has 0 spiro atoms.